The number of hydrogen-bond donors (Lipinski definition) is 0. The fraction of sp³-hybridized carbons (Fsp3) is 0.533. The predicted octanol–water partition coefficient (Wildman–Crippen LogP) is 4.41. The van der Waals surface area contributed by atoms with E-state index in [4.69, 9.17) is 21.1 Å². The van der Waals surface area contributed by atoms with Gasteiger partial charge in [0, 0.05) is 6.20 Å². The summed E-state index contributed by atoms with van der Waals surface area (Å²) in [6, 6.07) is 2.96. The zero-order valence-corrected chi connectivity index (χ0v) is 14.4. The van der Waals surface area contributed by atoms with Gasteiger partial charge < -0.3 is 9.47 Å². The molecule has 6 nitrogen and oxygen atoms in total. The Kier molecular flexibility index (Phi) is 5.40. The first kappa shape index (κ1) is 18.2. The standard InChI is InChI=1S/C15H21ClN2O4/c1-14(2,3)21-12(19)18(13(20)22-15(4,5)6)11-8-7-10(16)9-17-11/h7-9H,1-6H3. The molecular formula is C15H21ClN2O4. The number of halogens is 1. The summed E-state index contributed by atoms with van der Waals surface area (Å²) in [4.78, 5) is 29.3. The molecule has 122 valence electrons. The van der Waals surface area contributed by atoms with Gasteiger partial charge in [0.2, 0.25) is 0 Å². The van der Waals surface area contributed by atoms with Gasteiger partial charge in [-0.15, -0.1) is 0 Å². The molecule has 0 fully saturated rings. The molecule has 0 saturated heterocycles. The molecule has 2 amide bonds. The maximum atomic E-state index is 12.3. The van der Waals surface area contributed by atoms with Crippen molar-refractivity contribution < 1.29 is 19.1 Å². The third-order valence-electron chi connectivity index (χ3n) is 2.09. The van der Waals surface area contributed by atoms with Crippen molar-refractivity contribution in [3.63, 3.8) is 0 Å². The Labute approximate surface area is 135 Å². The number of hydrogen-bond acceptors (Lipinski definition) is 5. The number of nitrogens with zero attached hydrogens (tertiary/aromatic N) is 2. The van der Waals surface area contributed by atoms with Crippen molar-refractivity contribution in [2.45, 2.75) is 52.7 Å². The number of pyridine rings is 1. The second kappa shape index (κ2) is 6.52. The van der Waals surface area contributed by atoms with Crippen LogP contribution in [0.4, 0.5) is 15.4 Å². The molecule has 1 aromatic rings. The number of amides is 2. The summed E-state index contributed by atoms with van der Waals surface area (Å²) in [7, 11) is 0. The van der Waals surface area contributed by atoms with Crippen LogP contribution >= 0.6 is 11.6 Å². The average Bonchev–Trinajstić information content (AvgIpc) is 2.27. The molecule has 0 unspecified atom stereocenters. The number of anilines is 1. The predicted molar refractivity (Wildman–Crippen MR) is 84.2 cm³/mol. The van der Waals surface area contributed by atoms with Gasteiger partial charge in [0.15, 0.2) is 0 Å². The van der Waals surface area contributed by atoms with E-state index in [1.807, 2.05) is 0 Å². The van der Waals surface area contributed by atoms with Crippen LogP contribution in [0.3, 0.4) is 0 Å². The fourth-order valence-corrected chi connectivity index (χ4v) is 1.49. The topological polar surface area (TPSA) is 68.7 Å². The molecule has 1 heterocycles. The van der Waals surface area contributed by atoms with Gasteiger partial charge in [-0.1, -0.05) is 11.6 Å². The van der Waals surface area contributed by atoms with Crippen LogP contribution in [0, 0.1) is 0 Å². The summed E-state index contributed by atoms with van der Waals surface area (Å²) in [5.74, 6) is 0.0768. The lowest BCUT2D eigenvalue weighted by molar-refractivity contribution is 0.0429. The van der Waals surface area contributed by atoms with Crippen LogP contribution in [0.1, 0.15) is 41.5 Å². The Bertz CT molecular complexity index is 516. The van der Waals surface area contributed by atoms with Crippen molar-refractivity contribution in [3.05, 3.63) is 23.4 Å². The average molecular weight is 329 g/mol. The Balaban J connectivity index is 3.12. The van der Waals surface area contributed by atoms with Crippen LogP contribution in [0.25, 0.3) is 0 Å². The van der Waals surface area contributed by atoms with Crippen molar-refractivity contribution in [2.75, 3.05) is 4.90 Å². The lowest BCUT2D eigenvalue weighted by Crippen LogP contribution is -2.44. The van der Waals surface area contributed by atoms with Crippen molar-refractivity contribution in [1.82, 2.24) is 4.98 Å². The van der Waals surface area contributed by atoms with E-state index in [9.17, 15) is 9.59 Å². The van der Waals surface area contributed by atoms with Crippen molar-refractivity contribution in [2.24, 2.45) is 0 Å². The van der Waals surface area contributed by atoms with E-state index >= 15 is 0 Å². The maximum Gasteiger partial charge on any atom is 0.425 e. The van der Waals surface area contributed by atoms with Crippen LogP contribution in [0.5, 0.6) is 0 Å². The fourth-order valence-electron chi connectivity index (χ4n) is 1.38. The first-order chi connectivity index (χ1) is 9.89. The highest BCUT2D eigenvalue weighted by Gasteiger charge is 2.33. The second-order valence-electron chi connectivity index (χ2n) is 6.63. The zero-order valence-electron chi connectivity index (χ0n) is 13.6. The minimum atomic E-state index is -0.864. The summed E-state index contributed by atoms with van der Waals surface area (Å²) in [6.07, 6.45) is -0.397. The Hall–Kier alpha value is -1.82. The van der Waals surface area contributed by atoms with E-state index in [-0.39, 0.29) is 5.82 Å². The van der Waals surface area contributed by atoms with Gasteiger partial charge in [0.1, 0.15) is 17.0 Å². The monoisotopic (exact) mass is 328 g/mol. The molecule has 0 spiro atoms. The number of carbonyl (C=O) groups is 2. The van der Waals surface area contributed by atoms with Crippen LogP contribution < -0.4 is 4.90 Å². The highest BCUT2D eigenvalue weighted by atomic mass is 35.5. The third-order valence-corrected chi connectivity index (χ3v) is 2.32. The molecule has 22 heavy (non-hydrogen) atoms. The molecule has 0 aliphatic rings. The van der Waals surface area contributed by atoms with Crippen molar-refractivity contribution >= 4 is 29.6 Å². The van der Waals surface area contributed by atoms with Gasteiger partial charge in [-0.25, -0.2) is 14.6 Å². The molecule has 1 rings (SSSR count). The number of ether oxygens (including phenoxy) is 2. The minimum absolute atomic E-state index is 0.0768. The Morgan fingerprint density at radius 2 is 1.45 bits per heavy atom. The number of rotatable bonds is 1. The highest BCUT2D eigenvalue weighted by Crippen LogP contribution is 2.21. The smallest absolute Gasteiger partial charge is 0.425 e. The van der Waals surface area contributed by atoms with Gasteiger partial charge >= 0.3 is 12.2 Å². The molecule has 0 saturated carbocycles. The second-order valence-corrected chi connectivity index (χ2v) is 7.07. The molecule has 0 aliphatic heterocycles. The normalized spacial score (nSPS) is 11.8. The van der Waals surface area contributed by atoms with Crippen LogP contribution in [-0.2, 0) is 9.47 Å². The van der Waals surface area contributed by atoms with Gasteiger partial charge in [-0.05, 0) is 53.7 Å². The van der Waals surface area contributed by atoms with Gasteiger partial charge in [0.05, 0.1) is 5.02 Å². The SMILES string of the molecule is CC(C)(C)OC(=O)N(C(=O)OC(C)(C)C)c1ccc(Cl)cn1. The first-order valence-electron chi connectivity index (χ1n) is 6.77. The van der Waals surface area contributed by atoms with Crippen LogP contribution in [0.15, 0.2) is 18.3 Å². The quantitative estimate of drug-likeness (QED) is 0.763. The van der Waals surface area contributed by atoms with Crippen molar-refractivity contribution in [3.8, 4) is 0 Å². The molecule has 7 heteroatoms. The summed E-state index contributed by atoms with van der Waals surface area (Å²) >= 11 is 5.78. The van der Waals surface area contributed by atoms with E-state index < -0.39 is 23.4 Å². The highest BCUT2D eigenvalue weighted by molar-refractivity contribution is 6.30. The van der Waals surface area contributed by atoms with Crippen LogP contribution in [0.2, 0.25) is 5.02 Å². The van der Waals surface area contributed by atoms with E-state index in [1.165, 1.54) is 18.3 Å². The number of aromatic nitrogens is 1. The molecule has 0 aromatic carbocycles. The first-order valence-corrected chi connectivity index (χ1v) is 7.14. The Morgan fingerprint density at radius 1 is 1.00 bits per heavy atom. The van der Waals surface area contributed by atoms with E-state index in [0.717, 1.165) is 4.90 Å². The summed E-state index contributed by atoms with van der Waals surface area (Å²) in [5.41, 5.74) is -1.52. The molecule has 0 bridgehead atoms. The van der Waals surface area contributed by atoms with Crippen molar-refractivity contribution in [1.29, 1.82) is 0 Å². The molecule has 0 atom stereocenters. The molecule has 0 N–H and O–H groups in total. The third kappa shape index (κ3) is 5.89. The lowest BCUT2D eigenvalue weighted by Gasteiger charge is -2.28. The molecular weight excluding hydrogens is 308 g/mol. The lowest BCUT2D eigenvalue weighted by atomic mass is 10.2. The summed E-state index contributed by atoms with van der Waals surface area (Å²) in [6.45, 7) is 10.2. The number of carbonyl (C=O) groups excluding carboxylic acids is 2. The summed E-state index contributed by atoms with van der Waals surface area (Å²) < 4.78 is 10.5. The van der Waals surface area contributed by atoms with Gasteiger partial charge in [-0.3, -0.25) is 0 Å². The van der Waals surface area contributed by atoms with E-state index in [1.54, 1.807) is 41.5 Å². The minimum Gasteiger partial charge on any atom is -0.443 e. The largest absolute Gasteiger partial charge is 0.443 e. The van der Waals surface area contributed by atoms with Crippen LogP contribution in [-0.4, -0.2) is 28.4 Å². The number of imide groups is 1. The molecule has 0 radical (unpaired) electrons. The van der Waals surface area contributed by atoms with E-state index in [2.05, 4.69) is 4.98 Å². The maximum absolute atomic E-state index is 12.3. The van der Waals surface area contributed by atoms with Gasteiger partial charge in [0.25, 0.3) is 0 Å². The van der Waals surface area contributed by atoms with Gasteiger partial charge in [-0.2, -0.15) is 4.90 Å². The molecule has 0 aliphatic carbocycles. The molecule has 1 aromatic heterocycles. The van der Waals surface area contributed by atoms with E-state index in [0.29, 0.717) is 5.02 Å². The summed E-state index contributed by atoms with van der Waals surface area (Å²) in [5, 5.41) is 0.386. The Morgan fingerprint density at radius 3 is 1.77 bits per heavy atom. The zero-order chi connectivity index (χ0) is 17.1.